The van der Waals surface area contributed by atoms with Gasteiger partial charge in [-0.3, -0.25) is 0 Å². The number of benzene rings is 1. The average molecular weight is 488 g/mol. The Labute approximate surface area is 206 Å². The molecule has 1 aliphatic carbocycles. The fourth-order valence-corrected chi connectivity index (χ4v) is 5.47. The molecule has 178 valence electrons. The van der Waals surface area contributed by atoms with Crippen LogP contribution in [0, 0.1) is 6.92 Å². The Kier molecular flexibility index (Phi) is 6.04. The van der Waals surface area contributed by atoms with Crippen molar-refractivity contribution in [1.82, 2.24) is 19.9 Å². The SMILES string of the molecule is CCc1cc(Nc2cc(C)cc(-c3cnc([C@]4(O)CCCc5cc(C(=O)O)ccc54)s3)n2)ncn1. The van der Waals surface area contributed by atoms with Crippen LogP contribution in [0.2, 0.25) is 0 Å². The minimum atomic E-state index is -1.25. The van der Waals surface area contributed by atoms with Crippen molar-refractivity contribution in [1.29, 1.82) is 0 Å². The van der Waals surface area contributed by atoms with Gasteiger partial charge in [-0.2, -0.15) is 0 Å². The average Bonchev–Trinajstić information content (AvgIpc) is 3.35. The fraction of sp³-hybridized carbons (Fsp3) is 0.269. The standard InChI is InChI=1S/C26H25N5O3S/c1-3-18-12-22(29-14-28-18)31-23-10-15(2)9-20(30-23)21-13-27-25(35-21)26(34)8-4-5-16-11-17(24(32)33)6-7-19(16)26/h6-7,9-14,34H,3-5,8H2,1-2H3,(H,32,33)(H,28,29,30,31)/t26-/m0/s1. The molecule has 9 heteroatoms. The molecule has 1 aromatic carbocycles. The zero-order valence-electron chi connectivity index (χ0n) is 19.4. The molecule has 0 saturated carbocycles. The second-order valence-electron chi connectivity index (χ2n) is 8.71. The minimum absolute atomic E-state index is 0.228. The van der Waals surface area contributed by atoms with Crippen LogP contribution in [0.5, 0.6) is 0 Å². The van der Waals surface area contributed by atoms with Crippen LogP contribution < -0.4 is 5.32 Å². The molecule has 3 heterocycles. The number of carbonyl (C=O) groups is 1. The molecule has 0 fully saturated rings. The van der Waals surface area contributed by atoms with E-state index in [-0.39, 0.29) is 5.56 Å². The van der Waals surface area contributed by atoms with E-state index in [1.807, 2.05) is 32.0 Å². The van der Waals surface area contributed by atoms with Crippen molar-refractivity contribution in [3.05, 3.63) is 81.9 Å². The van der Waals surface area contributed by atoms with E-state index in [1.165, 1.54) is 17.7 Å². The lowest BCUT2D eigenvalue weighted by Crippen LogP contribution is -2.32. The highest BCUT2D eigenvalue weighted by Gasteiger charge is 2.39. The molecule has 0 saturated heterocycles. The minimum Gasteiger partial charge on any atom is -0.478 e. The molecule has 0 unspecified atom stereocenters. The van der Waals surface area contributed by atoms with Crippen molar-refractivity contribution in [2.75, 3.05) is 5.32 Å². The molecule has 0 radical (unpaired) electrons. The highest BCUT2D eigenvalue weighted by atomic mass is 32.1. The first-order chi connectivity index (χ1) is 16.9. The molecule has 4 aromatic rings. The third-order valence-electron chi connectivity index (χ3n) is 6.21. The Balaban J connectivity index is 1.47. The van der Waals surface area contributed by atoms with E-state index in [1.54, 1.807) is 24.4 Å². The molecule has 8 nitrogen and oxygen atoms in total. The van der Waals surface area contributed by atoms with Gasteiger partial charge in [-0.15, -0.1) is 11.3 Å². The lowest BCUT2D eigenvalue weighted by Gasteiger charge is -2.33. The van der Waals surface area contributed by atoms with Gasteiger partial charge in [0.15, 0.2) is 0 Å². The Morgan fingerprint density at radius 2 is 2.00 bits per heavy atom. The maximum Gasteiger partial charge on any atom is 0.335 e. The second-order valence-corrected chi connectivity index (χ2v) is 9.74. The molecule has 0 aliphatic heterocycles. The van der Waals surface area contributed by atoms with Gasteiger partial charge in [-0.05, 0) is 73.6 Å². The van der Waals surface area contributed by atoms with E-state index >= 15 is 0 Å². The van der Waals surface area contributed by atoms with Gasteiger partial charge in [0.05, 0.1) is 16.1 Å². The monoisotopic (exact) mass is 487 g/mol. The van der Waals surface area contributed by atoms with Gasteiger partial charge in [0.25, 0.3) is 0 Å². The molecular formula is C26H25N5O3S. The second kappa shape index (κ2) is 9.16. The largest absolute Gasteiger partial charge is 0.478 e. The van der Waals surface area contributed by atoms with Crippen molar-refractivity contribution in [3.63, 3.8) is 0 Å². The van der Waals surface area contributed by atoms with Crippen molar-refractivity contribution in [2.45, 2.75) is 45.1 Å². The highest BCUT2D eigenvalue weighted by Crippen LogP contribution is 2.43. The normalized spacial score (nSPS) is 17.1. The number of aliphatic hydroxyl groups is 1. The molecule has 1 atom stereocenters. The zero-order valence-corrected chi connectivity index (χ0v) is 20.3. The lowest BCUT2D eigenvalue weighted by molar-refractivity contribution is 0.0607. The van der Waals surface area contributed by atoms with Gasteiger partial charge in [-0.1, -0.05) is 13.0 Å². The first-order valence-electron chi connectivity index (χ1n) is 11.5. The molecule has 0 amide bonds. The van der Waals surface area contributed by atoms with Gasteiger partial charge in [0.2, 0.25) is 0 Å². The van der Waals surface area contributed by atoms with Gasteiger partial charge >= 0.3 is 5.97 Å². The number of pyridine rings is 1. The van der Waals surface area contributed by atoms with E-state index in [0.717, 1.165) is 52.2 Å². The first-order valence-corrected chi connectivity index (χ1v) is 12.3. The maximum absolute atomic E-state index is 11.7. The van der Waals surface area contributed by atoms with E-state index in [2.05, 4.69) is 20.3 Å². The summed E-state index contributed by atoms with van der Waals surface area (Å²) in [6, 6.07) is 10.8. The third-order valence-corrected chi connectivity index (χ3v) is 7.38. The van der Waals surface area contributed by atoms with Crippen LogP contribution in [-0.4, -0.2) is 36.1 Å². The summed E-state index contributed by atoms with van der Waals surface area (Å²) < 4.78 is 0. The van der Waals surface area contributed by atoms with Gasteiger partial charge in [0.1, 0.15) is 28.6 Å². The van der Waals surface area contributed by atoms with E-state index in [0.29, 0.717) is 23.1 Å². The van der Waals surface area contributed by atoms with Crippen LogP contribution in [0.15, 0.2) is 48.9 Å². The van der Waals surface area contributed by atoms with E-state index in [9.17, 15) is 15.0 Å². The van der Waals surface area contributed by atoms with Crippen LogP contribution in [-0.2, 0) is 18.4 Å². The summed E-state index contributed by atoms with van der Waals surface area (Å²) in [6.07, 6.45) is 6.10. The molecule has 3 aromatic heterocycles. The van der Waals surface area contributed by atoms with Crippen molar-refractivity contribution in [2.24, 2.45) is 0 Å². The molecule has 1 aliphatic rings. The van der Waals surface area contributed by atoms with E-state index < -0.39 is 11.6 Å². The number of hydrogen-bond acceptors (Lipinski definition) is 8. The van der Waals surface area contributed by atoms with Gasteiger partial charge in [-0.25, -0.2) is 24.7 Å². The van der Waals surface area contributed by atoms with Gasteiger partial charge < -0.3 is 15.5 Å². The molecule has 3 N–H and O–H groups in total. The van der Waals surface area contributed by atoms with Crippen molar-refractivity contribution in [3.8, 4) is 10.6 Å². The number of rotatable bonds is 6. The predicted molar refractivity (Wildman–Crippen MR) is 134 cm³/mol. The number of carboxylic acid groups (broad SMARTS) is 1. The number of anilines is 2. The number of aromatic carboxylic acids is 1. The Bertz CT molecular complexity index is 1420. The first kappa shape index (κ1) is 23.1. The number of fused-ring (bicyclic) bond motifs is 1. The molecule has 5 rings (SSSR count). The number of carboxylic acids is 1. The molecular weight excluding hydrogens is 462 g/mol. The number of aromatic nitrogens is 4. The van der Waals surface area contributed by atoms with Crippen LogP contribution in [0.3, 0.4) is 0 Å². The zero-order chi connectivity index (χ0) is 24.6. The van der Waals surface area contributed by atoms with Crippen LogP contribution in [0.1, 0.15) is 57.5 Å². The summed E-state index contributed by atoms with van der Waals surface area (Å²) >= 11 is 1.40. The number of nitrogens with one attached hydrogen (secondary N) is 1. The fourth-order valence-electron chi connectivity index (χ4n) is 4.46. The Morgan fingerprint density at radius 3 is 2.80 bits per heavy atom. The maximum atomic E-state index is 11.7. The van der Waals surface area contributed by atoms with Crippen LogP contribution in [0.4, 0.5) is 11.6 Å². The summed E-state index contributed by atoms with van der Waals surface area (Å²) in [6.45, 7) is 4.04. The molecule has 0 bridgehead atoms. The van der Waals surface area contributed by atoms with E-state index in [4.69, 9.17) is 4.98 Å². The number of nitrogens with zero attached hydrogens (tertiary/aromatic N) is 4. The summed E-state index contributed by atoms with van der Waals surface area (Å²) in [5, 5.41) is 24.9. The molecule has 35 heavy (non-hydrogen) atoms. The number of aryl methyl sites for hydroxylation is 3. The van der Waals surface area contributed by atoms with Gasteiger partial charge in [0, 0.05) is 18.0 Å². The Morgan fingerprint density at radius 1 is 1.14 bits per heavy atom. The smallest absolute Gasteiger partial charge is 0.335 e. The highest BCUT2D eigenvalue weighted by molar-refractivity contribution is 7.15. The lowest BCUT2D eigenvalue weighted by atomic mass is 9.79. The quantitative estimate of drug-likeness (QED) is 0.352. The summed E-state index contributed by atoms with van der Waals surface area (Å²) in [4.78, 5) is 30.1. The predicted octanol–water partition coefficient (Wildman–Crippen LogP) is 4.88. The third kappa shape index (κ3) is 4.52. The summed E-state index contributed by atoms with van der Waals surface area (Å²) in [7, 11) is 0. The Hall–Kier alpha value is -3.69. The van der Waals surface area contributed by atoms with Crippen molar-refractivity contribution < 1.29 is 15.0 Å². The van der Waals surface area contributed by atoms with Crippen LogP contribution in [0.25, 0.3) is 10.6 Å². The van der Waals surface area contributed by atoms with Crippen LogP contribution >= 0.6 is 11.3 Å². The summed E-state index contributed by atoms with van der Waals surface area (Å²) in [5.74, 6) is 0.375. The summed E-state index contributed by atoms with van der Waals surface area (Å²) in [5.41, 5.74) is 3.28. The number of thiazole rings is 1. The van der Waals surface area contributed by atoms with Crippen molar-refractivity contribution >= 4 is 28.9 Å². The molecule has 0 spiro atoms. The number of hydrogen-bond donors (Lipinski definition) is 3. The topological polar surface area (TPSA) is 121 Å².